The SMILES string of the molecule is CCOCCN(C)C(=O)C(CC)C(N)=NO. The summed E-state index contributed by atoms with van der Waals surface area (Å²) in [5.41, 5.74) is 5.44. The number of nitrogens with zero attached hydrogens (tertiary/aromatic N) is 2. The second-order valence-electron chi connectivity index (χ2n) is 3.44. The summed E-state index contributed by atoms with van der Waals surface area (Å²) in [4.78, 5) is 13.4. The number of hydrogen-bond donors (Lipinski definition) is 2. The molecule has 1 atom stereocenters. The smallest absolute Gasteiger partial charge is 0.233 e. The molecule has 0 aliphatic carbocycles. The molecule has 6 nitrogen and oxygen atoms in total. The van der Waals surface area contributed by atoms with Crippen molar-refractivity contribution in [1.29, 1.82) is 0 Å². The third-order valence-electron chi connectivity index (χ3n) is 2.33. The monoisotopic (exact) mass is 231 g/mol. The number of likely N-dealkylation sites (N-methyl/N-ethyl adjacent to an activating group) is 1. The van der Waals surface area contributed by atoms with Gasteiger partial charge in [0.05, 0.1) is 12.5 Å². The van der Waals surface area contributed by atoms with Gasteiger partial charge in [-0.1, -0.05) is 12.1 Å². The fourth-order valence-electron chi connectivity index (χ4n) is 1.30. The minimum Gasteiger partial charge on any atom is -0.409 e. The number of hydrogen-bond acceptors (Lipinski definition) is 4. The summed E-state index contributed by atoms with van der Waals surface area (Å²) in [6.07, 6.45) is 0.508. The molecule has 0 aliphatic rings. The standard InChI is InChI=1S/C10H21N3O3/c1-4-8(9(11)12-15)10(14)13(3)6-7-16-5-2/h8,15H,4-7H2,1-3H3,(H2,11,12). The van der Waals surface area contributed by atoms with Crippen LogP contribution in [0.1, 0.15) is 20.3 Å². The molecular formula is C10H21N3O3. The second-order valence-corrected chi connectivity index (χ2v) is 3.44. The Hall–Kier alpha value is -1.30. The molecule has 0 rings (SSSR count). The zero-order chi connectivity index (χ0) is 12.6. The molecule has 0 fully saturated rings. The van der Waals surface area contributed by atoms with Crippen LogP contribution in [-0.4, -0.2) is 48.7 Å². The zero-order valence-electron chi connectivity index (χ0n) is 10.1. The van der Waals surface area contributed by atoms with Gasteiger partial charge < -0.3 is 20.6 Å². The molecule has 16 heavy (non-hydrogen) atoms. The molecule has 0 heterocycles. The fourth-order valence-corrected chi connectivity index (χ4v) is 1.30. The molecule has 1 amide bonds. The lowest BCUT2D eigenvalue weighted by Crippen LogP contribution is -2.41. The quantitative estimate of drug-likeness (QED) is 0.216. The average molecular weight is 231 g/mol. The maximum atomic E-state index is 11.9. The Labute approximate surface area is 96.0 Å². The minimum absolute atomic E-state index is 0.0456. The van der Waals surface area contributed by atoms with Crippen LogP contribution in [0.5, 0.6) is 0 Å². The van der Waals surface area contributed by atoms with Crippen LogP contribution in [0.2, 0.25) is 0 Å². The number of oxime groups is 1. The van der Waals surface area contributed by atoms with Crippen molar-refractivity contribution in [1.82, 2.24) is 4.90 Å². The Bertz CT molecular complexity index is 243. The van der Waals surface area contributed by atoms with Crippen molar-refractivity contribution in [3.8, 4) is 0 Å². The number of amidine groups is 1. The van der Waals surface area contributed by atoms with E-state index in [0.29, 0.717) is 26.2 Å². The molecule has 0 saturated carbocycles. The largest absolute Gasteiger partial charge is 0.409 e. The predicted octanol–water partition coefficient (Wildman–Crippen LogP) is 0.254. The van der Waals surface area contributed by atoms with Gasteiger partial charge in [-0.2, -0.15) is 0 Å². The molecule has 0 radical (unpaired) electrons. The molecule has 0 aromatic rings. The second kappa shape index (κ2) is 7.92. The summed E-state index contributed by atoms with van der Waals surface area (Å²) in [7, 11) is 1.68. The number of rotatable bonds is 7. The molecule has 94 valence electrons. The van der Waals surface area contributed by atoms with Crippen molar-refractivity contribution in [3.05, 3.63) is 0 Å². The number of nitrogens with two attached hydrogens (primary N) is 1. The van der Waals surface area contributed by atoms with E-state index in [1.54, 1.807) is 7.05 Å². The molecule has 6 heteroatoms. The molecular weight excluding hydrogens is 210 g/mol. The lowest BCUT2D eigenvalue weighted by atomic mass is 10.0. The van der Waals surface area contributed by atoms with E-state index in [-0.39, 0.29) is 11.7 Å². The summed E-state index contributed by atoms with van der Waals surface area (Å²) in [5.74, 6) is -0.759. The summed E-state index contributed by atoms with van der Waals surface area (Å²) < 4.78 is 5.15. The van der Waals surface area contributed by atoms with Gasteiger partial charge in [-0.15, -0.1) is 0 Å². The van der Waals surface area contributed by atoms with Gasteiger partial charge in [0.15, 0.2) is 5.84 Å². The highest BCUT2D eigenvalue weighted by Crippen LogP contribution is 2.06. The normalized spacial score (nSPS) is 13.6. The van der Waals surface area contributed by atoms with Crippen LogP contribution in [0, 0.1) is 5.92 Å². The van der Waals surface area contributed by atoms with Gasteiger partial charge in [0.2, 0.25) is 5.91 Å². The Morgan fingerprint density at radius 1 is 1.56 bits per heavy atom. The molecule has 1 unspecified atom stereocenters. The van der Waals surface area contributed by atoms with Crippen LogP contribution >= 0.6 is 0 Å². The van der Waals surface area contributed by atoms with Gasteiger partial charge in [-0.25, -0.2) is 0 Å². The number of carbonyl (C=O) groups excluding carboxylic acids is 1. The van der Waals surface area contributed by atoms with Gasteiger partial charge in [0.25, 0.3) is 0 Å². The summed E-state index contributed by atoms with van der Waals surface area (Å²) in [6.45, 7) is 5.33. The molecule has 0 bridgehead atoms. The Morgan fingerprint density at radius 2 is 2.19 bits per heavy atom. The van der Waals surface area contributed by atoms with Crippen molar-refractivity contribution in [3.63, 3.8) is 0 Å². The van der Waals surface area contributed by atoms with Gasteiger partial charge in [0.1, 0.15) is 0 Å². The van der Waals surface area contributed by atoms with E-state index in [1.807, 2.05) is 13.8 Å². The topological polar surface area (TPSA) is 88.2 Å². The summed E-state index contributed by atoms with van der Waals surface area (Å²) >= 11 is 0. The van der Waals surface area contributed by atoms with Crippen molar-refractivity contribution in [2.24, 2.45) is 16.8 Å². The molecule has 0 aromatic heterocycles. The van der Waals surface area contributed by atoms with Crippen molar-refractivity contribution in [2.45, 2.75) is 20.3 Å². The number of amides is 1. The van der Waals surface area contributed by atoms with E-state index in [9.17, 15) is 4.79 Å². The van der Waals surface area contributed by atoms with Crippen molar-refractivity contribution < 1.29 is 14.7 Å². The molecule has 3 N–H and O–H groups in total. The van der Waals surface area contributed by atoms with E-state index in [0.717, 1.165) is 0 Å². The third kappa shape index (κ3) is 4.48. The van der Waals surface area contributed by atoms with Gasteiger partial charge in [-0.3, -0.25) is 4.79 Å². The van der Waals surface area contributed by atoms with Gasteiger partial charge >= 0.3 is 0 Å². The molecule has 0 aromatic carbocycles. The first kappa shape index (κ1) is 14.7. The zero-order valence-corrected chi connectivity index (χ0v) is 10.1. The van der Waals surface area contributed by atoms with E-state index >= 15 is 0 Å². The Morgan fingerprint density at radius 3 is 2.62 bits per heavy atom. The first-order valence-corrected chi connectivity index (χ1v) is 5.38. The molecule has 0 aliphatic heterocycles. The van der Waals surface area contributed by atoms with E-state index in [1.165, 1.54) is 4.90 Å². The predicted molar refractivity (Wildman–Crippen MR) is 61.3 cm³/mol. The Kier molecular flexibility index (Phi) is 7.28. The van der Waals surface area contributed by atoms with E-state index in [4.69, 9.17) is 15.7 Å². The van der Waals surface area contributed by atoms with Crippen LogP contribution < -0.4 is 5.73 Å². The lowest BCUT2D eigenvalue weighted by Gasteiger charge is -2.22. The summed E-state index contributed by atoms with van der Waals surface area (Å²) in [6, 6.07) is 0. The minimum atomic E-state index is -0.559. The Balaban J connectivity index is 4.28. The van der Waals surface area contributed by atoms with Crippen LogP contribution in [-0.2, 0) is 9.53 Å². The maximum absolute atomic E-state index is 11.9. The highest BCUT2D eigenvalue weighted by atomic mass is 16.5. The van der Waals surface area contributed by atoms with Crippen molar-refractivity contribution >= 4 is 11.7 Å². The first-order valence-electron chi connectivity index (χ1n) is 5.38. The highest BCUT2D eigenvalue weighted by Gasteiger charge is 2.24. The number of ether oxygens (including phenoxy) is 1. The van der Waals surface area contributed by atoms with Gasteiger partial charge in [-0.05, 0) is 13.3 Å². The number of carbonyl (C=O) groups is 1. The van der Waals surface area contributed by atoms with E-state index in [2.05, 4.69) is 5.16 Å². The highest BCUT2D eigenvalue weighted by molar-refractivity contribution is 6.01. The lowest BCUT2D eigenvalue weighted by molar-refractivity contribution is -0.132. The summed E-state index contributed by atoms with van der Waals surface area (Å²) in [5, 5.41) is 11.4. The molecule has 0 spiro atoms. The average Bonchev–Trinajstić information content (AvgIpc) is 2.29. The fraction of sp³-hybridized carbons (Fsp3) is 0.800. The first-order chi connectivity index (χ1) is 7.58. The van der Waals surface area contributed by atoms with Crippen LogP contribution in [0.4, 0.5) is 0 Å². The van der Waals surface area contributed by atoms with Crippen molar-refractivity contribution in [2.75, 3.05) is 26.8 Å². The maximum Gasteiger partial charge on any atom is 0.233 e. The van der Waals surface area contributed by atoms with Crippen LogP contribution in [0.15, 0.2) is 5.16 Å². The van der Waals surface area contributed by atoms with Crippen LogP contribution in [0.25, 0.3) is 0 Å². The molecule has 0 saturated heterocycles. The van der Waals surface area contributed by atoms with Gasteiger partial charge in [0, 0.05) is 20.2 Å². The third-order valence-corrected chi connectivity index (χ3v) is 2.33. The van der Waals surface area contributed by atoms with E-state index < -0.39 is 5.92 Å². The van der Waals surface area contributed by atoms with Crippen LogP contribution in [0.3, 0.4) is 0 Å².